The Morgan fingerprint density at radius 3 is 1.87 bits per heavy atom. The maximum Gasteiger partial charge on any atom is 0.337 e. The van der Waals surface area contributed by atoms with E-state index < -0.39 is 0 Å². The molecule has 0 atom stereocenters. The van der Waals surface area contributed by atoms with Crippen molar-refractivity contribution in [2.24, 2.45) is 0 Å². The summed E-state index contributed by atoms with van der Waals surface area (Å²) in [5.41, 5.74) is 5.88. The highest BCUT2D eigenvalue weighted by Gasteiger charge is 2.04. The summed E-state index contributed by atoms with van der Waals surface area (Å²) in [6.45, 7) is 0. The zero-order valence-electron chi connectivity index (χ0n) is 18.3. The topological polar surface area (TPSA) is 38.8 Å². The molecule has 0 aliphatic heterocycles. The van der Waals surface area contributed by atoms with Gasteiger partial charge < -0.3 is 14.4 Å². The lowest BCUT2D eigenvalue weighted by molar-refractivity contribution is 0.0600. The minimum atomic E-state index is -0.336. The van der Waals surface area contributed by atoms with E-state index in [9.17, 15) is 4.79 Å². The van der Waals surface area contributed by atoms with E-state index in [4.69, 9.17) is 9.47 Å². The summed E-state index contributed by atoms with van der Waals surface area (Å²) in [4.78, 5) is 13.6. The Balaban J connectivity index is 1.73. The van der Waals surface area contributed by atoms with Crippen molar-refractivity contribution in [3.05, 3.63) is 94.5 Å². The van der Waals surface area contributed by atoms with Gasteiger partial charge >= 0.3 is 5.97 Å². The zero-order chi connectivity index (χ0) is 22.2. The van der Waals surface area contributed by atoms with Crippen molar-refractivity contribution in [2.75, 3.05) is 33.2 Å². The van der Waals surface area contributed by atoms with Gasteiger partial charge in [-0.25, -0.2) is 4.79 Å². The van der Waals surface area contributed by atoms with Crippen LogP contribution < -0.4 is 9.64 Å². The number of hydrogen-bond acceptors (Lipinski definition) is 4. The Bertz CT molecular complexity index is 1080. The van der Waals surface area contributed by atoms with Crippen LogP contribution in [0.4, 0.5) is 5.69 Å². The molecule has 0 aliphatic carbocycles. The van der Waals surface area contributed by atoms with Crippen LogP contribution in [0.2, 0.25) is 0 Å². The summed E-state index contributed by atoms with van der Waals surface area (Å²) >= 11 is 0. The third-order valence-corrected chi connectivity index (χ3v) is 4.92. The largest absolute Gasteiger partial charge is 0.496 e. The Labute approximate surface area is 184 Å². The molecule has 31 heavy (non-hydrogen) atoms. The highest BCUT2D eigenvalue weighted by molar-refractivity contribution is 5.89. The smallest absolute Gasteiger partial charge is 0.337 e. The van der Waals surface area contributed by atoms with Crippen LogP contribution in [0.15, 0.2) is 66.7 Å². The molecular weight excluding hydrogens is 386 g/mol. The molecule has 0 spiro atoms. The lowest BCUT2D eigenvalue weighted by atomic mass is 10.1. The molecule has 3 rings (SSSR count). The van der Waals surface area contributed by atoms with Gasteiger partial charge in [0.15, 0.2) is 0 Å². The maximum absolute atomic E-state index is 11.5. The monoisotopic (exact) mass is 413 g/mol. The van der Waals surface area contributed by atoms with E-state index in [1.165, 1.54) is 12.8 Å². The second-order valence-electron chi connectivity index (χ2n) is 7.27. The fraction of sp³-hybridized carbons (Fsp3) is 0.148. The predicted octanol–water partition coefficient (Wildman–Crippen LogP) is 5.89. The minimum Gasteiger partial charge on any atom is -0.496 e. The number of anilines is 1. The molecule has 0 saturated heterocycles. The molecule has 4 heteroatoms. The van der Waals surface area contributed by atoms with E-state index >= 15 is 0 Å². The SMILES string of the molecule is COC(=O)c1ccc(/C=C/c2ccc(/C=C/c3ccc(N(C)C)cc3)c(OC)c2)cc1. The first-order valence-corrected chi connectivity index (χ1v) is 10.00. The van der Waals surface area contributed by atoms with Crippen LogP contribution in [0.25, 0.3) is 24.3 Å². The van der Waals surface area contributed by atoms with E-state index in [0.717, 1.165) is 28.0 Å². The first kappa shape index (κ1) is 21.9. The molecule has 0 amide bonds. The van der Waals surface area contributed by atoms with Gasteiger partial charge in [0.25, 0.3) is 0 Å². The number of methoxy groups -OCH3 is 2. The molecule has 3 aromatic carbocycles. The lowest BCUT2D eigenvalue weighted by Crippen LogP contribution is -2.07. The molecule has 0 N–H and O–H groups in total. The number of nitrogens with zero attached hydrogens (tertiary/aromatic N) is 1. The van der Waals surface area contributed by atoms with Crippen molar-refractivity contribution in [2.45, 2.75) is 0 Å². The molecule has 158 valence electrons. The molecule has 3 aromatic rings. The van der Waals surface area contributed by atoms with Crippen molar-refractivity contribution < 1.29 is 14.3 Å². The van der Waals surface area contributed by atoms with Gasteiger partial charge in [0.1, 0.15) is 5.75 Å². The summed E-state index contributed by atoms with van der Waals surface area (Å²) in [7, 11) is 7.12. The first-order chi connectivity index (χ1) is 15.0. The second-order valence-corrected chi connectivity index (χ2v) is 7.27. The van der Waals surface area contributed by atoms with E-state index in [1.807, 2.05) is 50.5 Å². The highest BCUT2D eigenvalue weighted by Crippen LogP contribution is 2.24. The summed E-state index contributed by atoms with van der Waals surface area (Å²) in [6, 6.07) is 21.8. The van der Waals surface area contributed by atoms with Crippen LogP contribution >= 0.6 is 0 Å². The Morgan fingerprint density at radius 1 is 0.742 bits per heavy atom. The fourth-order valence-corrected chi connectivity index (χ4v) is 3.08. The third kappa shape index (κ3) is 5.86. The lowest BCUT2D eigenvalue weighted by Gasteiger charge is -2.11. The van der Waals surface area contributed by atoms with Gasteiger partial charge in [0, 0.05) is 25.3 Å². The molecule has 0 fully saturated rings. The van der Waals surface area contributed by atoms with Crippen LogP contribution in [-0.4, -0.2) is 34.3 Å². The van der Waals surface area contributed by atoms with Gasteiger partial charge in [0.2, 0.25) is 0 Å². The molecule has 0 saturated carbocycles. The molecule has 0 aliphatic rings. The minimum absolute atomic E-state index is 0.336. The van der Waals surface area contributed by atoms with Gasteiger partial charge in [-0.05, 0) is 47.0 Å². The fourth-order valence-electron chi connectivity index (χ4n) is 3.08. The van der Waals surface area contributed by atoms with Gasteiger partial charge in [-0.3, -0.25) is 0 Å². The van der Waals surface area contributed by atoms with Gasteiger partial charge in [-0.1, -0.05) is 60.7 Å². The van der Waals surface area contributed by atoms with Crippen LogP contribution in [0.5, 0.6) is 5.75 Å². The van der Waals surface area contributed by atoms with E-state index in [2.05, 4.69) is 47.4 Å². The van der Waals surface area contributed by atoms with Crippen LogP contribution in [-0.2, 0) is 4.74 Å². The Morgan fingerprint density at radius 2 is 1.29 bits per heavy atom. The van der Waals surface area contributed by atoms with Gasteiger partial charge in [0.05, 0.1) is 19.8 Å². The van der Waals surface area contributed by atoms with E-state index in [-0.39, 0.29) is 5.97 Å². The zero-order valence-corrected chi connectivity index (χ0v) is 18.3. The summed E-state index contributed by atoms with van der Waals surface area (Å²) in [5, 5.41) is 0. The van der Waals surface area contributed by atoms with Gasteiger partial charge in [-0.15, -0.1) is 0 Å². The summed E-state index contributed by atoms with van der Waals surface area (Å²) in [5.74, 6) is 0.474. The van der Waals surface area contributed by atoms with Crippen molar-refractivity contribution in [3.8, 4) is 5.75 Å². The molecule has 0 bridgehead atoms. The van der Waals surface area contributed by atoms with E-state index in [1.54, 1.807) is 19.2 Å². The number of carbonyl (C=O) groups is 1. The van der Waals surface area contributed by atoms with Crippen molar-refractivity contribution in [1.82, 2.24) is 0 Å². The number of benzene rings is 3. The standard InChI is InChI=1S/C27H27NO3/c1-28(2)25-17-11-21(12-18-25)7-13-23-14-10-22(19-26(23)30-3)6-5-20-8-15-24(16-9-20)27(29)31-4/h5-19H,1-4H3/b6-5+,13-7+. The predicted molar refractivity (Wildman–Crippen MR) is 129 cm³/mol. The van der Waals surface area contributed by atoms with Crippen molar-refractivity contribution in [1.29, 1.82) is 0 Å². The summed E-state index contributed by atoms with van der Waals surface area (Å²) < 4.78 is 10.3. The molecule has 0 heterocycles. The van der Waals surface area contributed by atoms with Crippen molar-refractivity contribution >= 4 is 36.0 Å². The maximum atomic E-state index is 11.5. The molecule has 0 radical (unpaired) electrons. The number of ether oxygens (including phenoxy) is 2. The molecule has 0 aromatic heterocycles. The molecule has 4 nitrogen and oxygen atoms in total. The average Bonchev–Trinajstić information content (AvgIpc) is 2.81. The third-order valence-electron chi connectivity index (χ3n) is 4.92. The van der Waals surface area contributed by atoms with Crippen LogP contribution in [0.1, 0.15) is 32.6 Å². The quantitative estimate of drug-likeness (QED) is 0.358. The Kier molecular flexibility index (Phi) is 7.28. The average molecular weight is 414 g/mol. The van der Waals surface area contributed by atoms with Crippen molar-refractivity contribution in [3.63, 3.8) is 0 Å². The van der Waals surface area contributed by atoms with E-state index in [0.29, 0.717) is 5.56 Å². The Hall–Kier alpha value is -3.79. The summed E-state index contributed by atoms with van der Waals surface area (Å²) in [6.07, 6.45) is 8.15. The normalized spacial score (nSPS) is 11.1. The second kappa shape index (κ2) is 10.3. The number of esters is 1. The number of hydrogen-bond donors (Lipinski definition) is 0. The van der Waals surface area contributed by atoms with Crippen LogP contribution in [0, 0.1) is 0 Å². The first-order valence-electron chi connectivity index (χ1n) is 10.00. The van der Waals surface area contributed by atoms with Gasteiger partial charge in [-0.2, -0.15) is 0 Å². The number of rotatable bonds is 7. The molecule has 0 unspecified atom stereocenters. The number of carbonyl (C=O) groups excluding carboxylic acids is 1. The highest BCUT2D eigenvalue weighted by atomic mass is 16.5. The van der Waals surface area contributed by atoms with Crippen LogP contribution in [0.3, 0.4) is 0 Å². The molecular formula is C27H27NO3.